The highest BCUT2D eigenvalue weighted by Crippen LogP contribution is 2.39. The number of benzene rings is 1. The van der Waals surface area contributed by atoms with Gasteiger partial charge < -0.3 is 14.4 Å². The lowest BCUT2D eigenvalue weighted by atomic mass is 10.1. The Morgan fingerprint density at radius 3 is 2.31 bits per heavy atom. The number of aryl methyl sites for hydroxylation is 1. The highest BCUT2D eigenvalue weighted by atomic mass is 32.2. The zero-order chi connectivity index (χ0) is 29.8. The van der Waals surface area contributed by atoms with E-state index in [0.717, 1.165) is 18.4 Å². The minimum Gasteiger partial charge on any atom is -0.481 e. The molecular formula is C30H34N6O5S. The average Bonchev–Trinajstić information content (AvgIpc) is 3.48. The van der Waals surface area contributed by atoms with Gasteiger partial charge in [-0.1, -0.05) is 17.7 Å². The summed E-state index contributed by atoms with van der Waals surface area (Å²) in [6.45, 7) is 8.61. The van der Waals surface area contributed by atoms with Crippen molar-refractivity contribution in [2.75, 3.05) is 25.1 Å². The van der Waals surface area contributed by atoms with Crippen LogP contribution in [-0.2, 0) is 14.8 Å². The van der Waals surface area contributed by atoms with Crippen LogP contribution in [0.1, 0.15) is 39.2 Å². The Hall–Kier alpha value is -4.19. The van der Waals surface area contributed by atoms with Crippen LogP contribution in [-0.4, -0.2) is 76.2 Å². The van der Waals surface area contributed by atoms with Crippen molar-refractivity contribution in [1.82, 2.24) is 23.8 Å². The van der Waals surface area contributed by atoms with E-state index >= 15 is 0 Å². The molecule has 1 aromatic carbocycles. The SMILES string of the molecule is COc1cc(-c2cc3c(N4CC5CCC(C4)N5C(=O)OC(C)(C)C)ncnc3n2S(=O)(=O)c2ccc(C)cc2)ccn1. The molecule has 220 valence electrons. The molecule has 5 heterocycles. The minimum atomic E-state index is -4.05. The third-order valence-corrected chi connectivity index (χ3v) is 9.44. The van der Waals surface area contributed by atoms with Gasteiger partial charge in [0, 0.05) is 30.9 Å². The Bertz CT molecular complexity index is 1750. The van der Waals surface area contributed by atoms with Gasteiger partial charge in [-0.3, -0.25) is 4.90 Å². The molecule has 2 unspecified atom stereocenters. The fraction of sp³-hybridized carbons (Fsp3) is 0.400. The molecule has 2 fully saturated rings. The van der Waals surface area contributed by atoms with E-state index in [-0.39, 0.29) is 28.7 Å². The first kappa shape index (κ1) is 28.0. The van der Waals surface area contributed by atoms with Crippen LogP contribution in [0.15, 0.2) is 59.9 Å². The minimum absolute atomic E-state index is 0.0362. The highest BCUT2D eigenvalue weighted by Gasteiger charge is 2.45. The van der Waals surface area contributed by atoms with E-state index in [4.69, 9.17) is 9.47 Å². The molecule has 0 radical (unpaired) electrons. The number of carbonyl (C=O) groups is 1. The fourth-order valence-corrected chi connectivity index (χ4v) is 7.34. The molecule has 2 aliphatic rings. The van der Waals surface area contributed by atoms with Gasteiger partial charge in [0.2, 0.25) is 5.88 Å². The van der Waals surface area contributed by atoms with Gasteiger partial charge in [-0.25, -0.2) is 32.1 Å². The van der Waals surface area contributed by atoms with Gasteiger partial charge in [0.1, 0.15) is 17.7 Å². The van der Waals surface area contributed by atoms with Gasteiger partial charge >= 0.3 is 6.09 Å². The number of aromatic nitrogens is 4. The predicted molar refractivity (Wildman–Crippen MR) is 158 cm³/mol. The van der Waals surface area contributed by atoms with Gasteiger partial charge in [0.05, 0.1) is 35.2 Å². The van der Waals surface area contributed by atoms with Crippen LogP contribution in [0.2, 0.25) is 0 Å². The number of carbonyl (C=O) groups excluding carboxylic acids is 1. The molecular weight excluding hydrogens is 556 g/mol. The zero-order valence-corrected chi connectivity index (χ0v) is 25.1. The Kier molecular flexibility index (Phi) is 6.83. The largest absolute Gasteiger partial charge is 0.481 e. The van der Waals surface area contributed by atoms with E-state index < -0.39 is 15.6 Å². The first-order chi connectivity index (χ1) is 20.0. The van der Waals surface area contributed by atoms with Crippen LogP contribution < -0.4 is 9.64 Å². The predicted octanol–water partition coefficient (Wildman–Crippen LogP) is 4.64. The summed E-state index contributed by atoms with van der Waals surface area (Å²) in [6.07, 6.45) is 4.40. The van der Waals surface area contributed by atoms with Crippen LogP contribution in [0.25, 0.3) is 22.3 Å². The average molecular weight is 591 g/mol. The Morgan fingerprint density at radius 1 is 0.976 bits per heavy atom. The number of methoxy groups -OCH3 is 1. The first-order valence-corrected chi connectivity index (χ1v) is 15.4. The third kappa shape index (κ3) is 4.93. The zero-order valence-electron chi connectivity index (χ0n) is 24.3. The molecule has 11 nitrogen and oxygen atoms in total. The lowest BCUT2D eigenvalue weighted by Crippen LogP contribution is -2.57. The summed E-state index contributed by atoms with van der Waals surface area (Å²) in [5.74, 6) is 0.985. The van der Waals surface area contributed by atoms with E-state index in [2.05, 4.69) is 19.9 Å². The van der Waals surface area contributed by atoms with Crippen molar-refractivity contribution >= 4 is 33.0 Å². The fourth-order valence-electron chi connectivity index (χ4n) is 5.86. The van der Waals surface area contributed by atoms with E-state index in [1.165, 1.54) is 17.4 Å². The molecule has 12 heteroatoms. The molecule has 0 saturated carbocycles. The van der Waals surface area contributed by atoms with E-state index in [0.29, 0.717) is 41.4 Å². The summed E-state index contributed by atoms with van der Waals surface area (Å²) in [4.78, 5) is 30.5. The molecule has 2 aliphatic heterocycles. The van der Waals surface area contributed by atoms with Crippen molar-refractivity contribution in [3.8, 4) is 17.1 Å². The first-order valence-electron chi connectivity index (χ1n) is 13.9. The molecule has 4 aromatic rings. The van der Waals surface area contributed by atoms with Gasteiger partial charge in [0.25, 0.3) is 10.0 Å². The molecule has 42 heavy (non-hydrogen) atoms. The number of hydrogen-bond donors (Lipinski definition) is 0. The summed E-state index contributed by atoms with van der Waals surface area (Å²) < 4.78 is 40.7. The highest BCUT2D eigenvalue weighted by molar-refractivity contribution is 7.90. The van der Waals surface area contributed by atoms with Crippen LogP contribution in [0.5, 0.6) is 5.88 Å². The number of rotatable bonds is 5. The normalized spacial score (nSPS) is 18.9. The molecule has 0 aliphatic carbocycles. The van der Waals surface area contributed by atoms with E-state index in [9.17, 15) is 13.2 Å². The van der Waals surface area contributed by atoms with Crippen molar-refractivity contribution in [3.05, 3.63) is 60.6 Å². The van der Waals surface area contributed by atoms with Crippen LogP contribution in [0.3, 0.4) is 0 Å². The topological polar surface area (TPSA) is 120 Å². The Morgan fingerprint density at radius 2 is 1.67 bits per heavy atom. The van der Waals surface area contributed by atoms with E-state index in [1.807, 2.05) is 38.7 Å². The van der Waals surface area contributed by atoms with Gasteiger partial charge in [-0.05, 0) is 64.8 Å². The second-order valence-electron chi connectivity index (χ2n) is 11.8. The van der Waals surface area contributed by atoms with Crippen molar-refractivity contribution in [2.45, 2.75) is 63.1 Å². The van der Waals surface area contributed by atoms with Gasteiger partial charge in [-0.2, -0.15) is 0 Å². The second-order valence-corrected chi connectivity index (χ2v) is 13.6. The quantitative estimate of drug-likeness (QED) is 0.328. The smallest absolute Gasteiger partial charge is 0.410 e. The Balaban J connectivity index is 1.46. The molecule has 2 atom stereocenters. The Labute approximate surface area is 245 Å². The maximum atomic E-state index is 14.2. The van der Waals surface area contributed by atoms with Crippen LogP contribution >= 0.6 is 0 Å². The van der Waals surface area contributed by atoms with Crippen LogP contribution in [0.4, 0.5) is 10.6 Å². The number of amides is 1. The summed E-state index contributed by atoms with van der Waals surface area (Å²) in [5, 5.41) is 0.601. The number of fused-ring (bicyclic) bond motifs is 3. The van der Waals surface area contributed by atoms with Gasteiger partial charge in [-0.15, -0.1) is 0 Å². The molecule has 1 amide bonds. The maximum absolute atomic E-state index is 14.2. The molecule has 0 spiro atoms. The number of piperazine rings is 1. The number of pyridine rings is 1. The maximum Gasteiger partial charge on any atom is 0.410 e. The van der Waals surface area contributed by atoms with Crippen LogP contribution in [0, 0.1) is 6.92 Å². The molecule has 0 N–H and O–H groups in total. The summed E-state index contributed by atoms with van der Waals surface area (Å²) in [5.41, 5.74) is 1.67. The third-order valence-electron chi connectivity index (χ3n) is 7.72. The molecule has 2 bridgehead atoms. The summed E-state index contributed by atoms with van der Waals surface area (Å²) in [7, 11) is -2.54. The molecule has 3 aromatic heterocycles. The standard InChI is InChI=1S/C30H34N6O5S/c1-19-6-10-23(11-7-19)42(38,39)36-25(20-12-13-31-26(14-20)40-5)15-24-27(32-18-33-28(24)36)34-16-21-8-9-22(17-34)35(21)29(37)41-30(2,3)4/h6-7,10-15,18,21-22H,8-9,16-17H2,1-5H3. The number of anilines is 1. The lowest BCUT2D eigenvalue weighted by molar-refractivity contribution is 0.0123. The lowest BCUT2D eigenvalue weighted by Gasteiger charge is -2.41. The number of hydrogen-bond acceptors (Lipinski definition) is 9. The summed E-state index contributed by atoms with van der Waals surface area (Å²) in [6, 6.07) is 11.9. The second kappa shape index (κ2) is 10.3. The monoisotopic (exact) mass is 590 g/mol. The molecule has 2 saturated heterocycles. The van der Waals surface area contributed by atoms with Crippen molar-refractivity contribution in [2.24, 2.45) is 0 Å². The number of ether oxygens (including phenoxy) is 2. The van der Waals surface area contributed by atoms with E-state index in [1.54, 1.807) is 42.6 Å². The van der Waals surface area contributed by atoms with Crippen molar-refractivity contribution in [1.29, 1.82) is 0 Å². The van der Waals surface area contributed by atoms with Crippen molar-refractivity contribution in [3.63, 3.8) is 0 Å². The van der Waals surface area contributed by atoms with Gasteiger partial charge in [0.15, 0.2) is 5.65 Å². The van der Waals surface area contributed by atoms with Crippen molar-refractivity contribution < 1.29 is 22.7 Å². The number of nitrogens with zero attached hydrogens (tertiary/aromatic N) is 6. The molecule has 6 rings (SSSR count). The summed E-state index contributed by atoms with van der Waals surface area (Å²) >= 11 is 0.